The van der Waals surface area contributed by atoms with E-state index in [9.17, 15) is 4.79 Å². The van der Waals surface area contributed by atoms with Crippen molar-refractivity contribution >= 4 is 28.3 Å². The van der Waals surface area contributed by atoms with E-state index >= 15 is 0 Å². The molecular weight excluding hydrogens is 404 g/mol. The number of nitrogens with two attached hydrogens (primary N) is 1. The van der Waals surface area contributed by atoms with E-state index in [2.05, 4.69) is 15.9 Å². The normalized spacial score (nSPS) is 10.2. The summed E-state index contributed by atoms with van der Waals surface area (Å²) in [6.07, 6.45) is 1.71. The second-order valence-corrected chi connectivity index (χ2v) is 6.11. The van der Waals surface area contributed by atoms with Crippen molar-refractivity contribution in [3.05, 3.63) is 92.8 Å². The fourth-order valence-electron chi connectivity index (χ4n) is 2.34. The molecule has 3 aromatic rings. The zero-order chi connectivity index (χ0) is 16.9. The van der Waals surface area contributed by atoms with Gasteiger partial charge in [0.15, 0.2) is 0 Å². The van der Waals surface area contributed by atoms with E-state index in [4.69, 9.17) is 10.5 Å². The van der Waals surface area contributed by atoms with Gasteiger partial charge in [0.05, 0.1) is 0 Å². The van der Waals surface area contributed by atoms with E-state index in [0.717, 1.165) is 16.8 Å². The number of pyridine rings is 1. The third kappa shape index (κ3) is 4.51. The van der Waals surface area contributed by atoms with Crippen molar-refractivity contribution in [2.45, 2.75) is 13.2 Å². The summed E-state index contributed by atoms with van der Waals surface area (Å²) < 4.78 is 7.73. The summed E-state index contributed by atoms with van der Waals surface area (Å²) in [5, 5.41) is 0. The molecule has 4 nitrogen and oxygen atoms in total. The summed E-state index contributed by atoms with van der Waals surface area (Å²) >= 11 is 3.35. The summed E-state index contributed by atoms with van der Waals surface area (Å²) in [5.74, 6) is 0.527. The smallest absolute Gasteiger partial charge is 0.273 e. The van der Waals surface area contributed by atoms with Crippen molar-refractivity contribution in [1.82, 2.24) is 4.57 Å². The van der Waals surface area contributed by atoms with E-state index < -0.39 is 0 Å². The lowest BCUT2D eigenvalue weighted by atomic mass is 10.2. The van der Waals surface area contributed by atoms with Crippen LogP contribution >= 0.6 is 28.3 Å². The van der Waals surface area contributed by atoms with Crippen molar-refractivity contribution in [1.29, 1.82) is 0 Å². The van der Waals surface area contributed by atoms with Crippen LogP contribution in [0, 0.1) is 0 Å². The van der Waals surface area contributed by atoms with Crippen LogP contribution in [0.4, 0.5) is 0 Å². The molecule has 0 aliphatic heterocycles. The number of rotatable bonds is 5. The van der Waals surface area contributed by atoms with Gasteiger partial charge >= 0.3 is 0 Å². The Hall–Kier alpha value is -2.08. The number of benzene rings is 2. The summed E-state index contributed by atoms with van der Waals surface area (Å²) in [5.41, 5.74) is 8.29. The van der Waals surface area contributed by atoms with Crippen LogP contribution in [-0.2, 0) is 13.2 Å². The van der Waals surface area contributed by atoms with Gasteiger partial charge in [-0.15, -0.1) is 12.4 Å². The van der Waals surface area contributed by atoms with Crippen LogP contribution in [0.25, 0.3) is 5.69 Å². The first kappa shape index (κ1) is 19.2. The molecule has 2 N–H and O–H groups in total. The summed E-state index contributed by atoms with van der Waals surface area (Å²) in [4.78, 5) is 12.6. The van der Waals surface area contributed by atoms with Gasteiger partial charge in [-0.3, -0.25) is 9.36 Å². The van der Waals surface area contributed by atoms with Crippen molar-refractivity contribution in [2.24, 2.45) is 5.73 Å². The minimum Gasteiger partial charge on any atom is -0.487 e. The van der Waals surface area contributed by atoms with Crippen LogP contribution in [-0.4, -0.2) is 4.57 Å². The molecule has 0 spiro atoms. The van der Waals surface area contributed by atoms with Gasteiger partial charge in [0, 0.05) is 18.4 Å². The number of ether oxygens (including phenoxy) is 1. The van der Waals surface area contributed by atoms with Crippen LogP contribution in [0.5, 0.6) is 5.75 Å². The molecule has 0 unspecified atom stereocenters. The van der Waals surface area contributed by atoms with Gasteiger partial charge in [-0.1, -0.05) is 42.5 Å². The van der Waals surface area contributed by atoms with Gasteiger partial charge in [0.25, 0.3) is 5.56 Å². The number of hydrogen-bond acceptors (Lipinski definition) is 3. The summed E-state index contributed by atoms with van der Waals surface area (Å²) in [7, 11) is 0. The molecule has 1 heterocycles. The maximum absolute atomic E-state index is 12.6. The predicted octanol–water partition coefficient (Wildman–Crippen LogP) is 4.06. The molecular formula is C19H18BrClN2O2. The van der Waals surface area contributed by atoms with Crippen molar-refractivity contribution in [3.8, 4) is 11.4 Å². The maximum Gasteiger partial charge on any atom is 0.273 e. The quantitative estimate of drug-likeness (QED) is 0.676. The average Bonchev–Trinajstić information content (AvgIpc) is 2.64. The molecule has 0 saturated carbocycles. The molecule has 2 aromatic carbocycles. The molecule has 6 heteroatoms. The Balaban J connectivity index is 0.00000225. The van der Waals surface area contributed by atoms with Crippen LogP contribution in [0.3, 0.4) is 0 Å². The lowest BCUT2D eigenvalue weighted by Gasteiger charge is -2.11. The SMILES string of the molecule is Cl.NCc1ccc(-n2ccc(OCc3ccccc3)c(Br)c2=O)cc1. The van der Waals surface area contributed by atoms with E-state index in [-0.39, 0.29) is 18.0 Å². The number of hydrogen-bond donors (Lipinski definition) is 1. The monoisotopic (exact) mass is 420 g/mol. The molecule has 130 valence electrons. The van der Waals surface area contributed by atoms with Gasteiger partial charge in [-0.05, 0) is 45.3 Å². The Bertz CT molecular complexity index is 880. The highest BCUT2D eigenvalue weighted by Gasteiger charge is 2.10. The Labute approximate surface area is 160 Å². The Kier molecular flexibility index (Phi) is 6.82. The average molecular weight is 422 g/mol. The van der Waals surface area contributed by atoms with Gasteiger partial charge in [-0.2, -0.15) is 0 Å². The summed E-state index contributed by atoms with van der Waals surface area (Å²) in [6, 6.07) is 19.2. The van der Waals surface area contributed by atoms with Crippen molar-refractivity contribution < 1.29 is 4.74 Å². The molecule has 0 aliphatic carbocycles. The van der Waals surface area contributed by atoms with Crippen molar-refractivity contribution in [2.75, 3.05) is 0 Å². The first-order valence-corrected chi connectivity index (χ1v) is 8.35. The first-order chi connectivity index (χ1) is 11.7. The molecule has 0 atom stereocenters. The molecule has 0 aliphatic rings. The van der Waals surface area contributed by atoms with Gasteiger partial charge in [0.1, 0.15) is 16.8 Å². The lowest BCUT2D eigenvalue weighted by Crippen LogP contribution is -2.19. The highest BCUT2D eigenvalue weighted by molar-refractivity contribution is 9.10. The van der Waals surface area contributed by atoms with E-state index in [0.29, 0.717) is 23.4 Å². The number of aromatic nitrogens is 1. The van der Waals surface area contributed by atoms with Crippen LogP contribution in [0.1, 0.15) is 11.1 Å². The van der Waals surface area contributed by atoms with Crippen molar-refractivity contribution in [3.63, 3.8) is 0 Å². The highest BCUT2D eigenvalue weighted by Crippen LogP contribution is 2.22. The number of nitrogens with zero attached hydrogens (tertiary/aromatic N) is 1. The second-order valence-electron chi connectivity index (χ2n) is 5.31. The molecule has 3 rings (SSSR count). The minimum absolute atomic E-state index is 0. The first-order valence-electron chi connectivity index (χ1n) is 7.56. The zero-order valence-corrected chi connectivity index (χ0v) is 15.8. The molecule has 0 bridgehead atoms. The minimum atomic E-state index is -0.166. The molecule has 0 amide bonds. The van der Waals surface area contributed by atoms with Gasteiger partial charge < -0.3 is 10.5 Å². The standard InChI is InChI=1S/C19H17BrN2O2.ClH/c20-18-17(24-13-15-4-2-1-3-5-15)10-11-22(19(18)23)16-8-6-14(12-21)7-9-16;/h1-11H,12-13,21H2;1H. The third-order valence-corrected chi connectivity index (χ3v) is 4.42. The van der Waals surface area contributed by atoms with Crippen LogP contribution < -0.4 is 16.0 Å². The highest BCUT2D eigenvalue weighted by atomic mass is 79.9. The Morgan fingerprint density at radius 1 is 0.960 bits per heavy atom. The van der Waals surface area contributed by atoms with E-state index in [1.165, 1.54) is 0 Å². The lowest BCUT2D eigenvalue weighted by molar-refractivity contribution is 0.303. The van der Waals surface area contributed by atoms with Gasteiger partial charge in [0.2, 0.25) is 0 Å². The molecule has 0 fully saturated rings. The fourth-order valence-corrected chi connectivity index (χ4v) is 2.77. The van der Waals surface area contributed by atoms with Crippen LogP contribution in [0.2, 0.25) is 0 Å². The molecule has 1 aromatic heterocycles. The largest absolute Gasteiger partial charge is 0.487 e. The fraction of sp³-hybridized carbons (Fsp3) is 0.105. The second kappa shape index (κ2) is 8.85. The molecule has 25 heavy (non-hydrogen) atoms. The Morgan fingerprint density at radius 3 is 2.28 bits per heavy atom. The molecule has 0 saturated heterocycles. The number of halogens is 2. The zero-order valence-electron chi connectivity index (χ0n) is 13.4. The van der Waals surface area contributed by atoms with E-state index in [1.54, 1.807) is 16.8 Å². The maximum atomic E-state index is 12.6. The molecule has 0 radical (unpaired) electrons. The topological polar surface area (TPSA) is 57.2 Å². The Morgan fingerprint density at radius 2 is 1.64 bits per heavy atom. The van der Waals surface area contributed by atoms with Gasteiger partial charge in [-0.25, -0.2) is 0 Å². The van der Waals surface area contributed by atoms with E-state index in [1.807, 2.05) is 54.6 Å². The van der Waals surface area contributed by atoms with Crippen LogP contribution in [0.15, 0.2) is 76.1 Å². The summed E-state index contributed by atoms with van der Waals surface area (Å²) in [6.45, 7) is 0.888. The third-order valence-electron chi connectivity index (χ3n) is 3.69. The predicted molar refractivity (Wildman–Crippen MR) is 106 cm³/mol.